The van der Waals surface area contributed by atoms with Crippen LogP contribution in [0.2, 0.25) is 0 Å². The highest BCUT2D eigenvalue weighted by molar-refractivity contribution is 6.01. The predicted octanol–water partition coefficient (Wildman–Crippen LogP) is 3.66. The van der Waals surface area contributed by atoms with E-state index in [1.54, 1.807) is 24.1 Å². The predicted molar refractivity (Wildman–Crippen MR) is 150 cm³/mol. The molecule has 3 fully saturated rings. The number of nitrogens with one attached hydrogen (secondary N) is 3. The quantitative estimate of drug-likeness (QED) is 0.396. The number of urea groups is 1. The van der Waals surface area contributed by atoms with Crippen molar-refractivity contribution < 1.29 is 19.1 Å². The van der Waals surface area contributed by atoms with Gasteiger partial charge in [-0.05, 0) is 99.5 Å². The molecule has 3 atom stereocenters. The van der Waals surface area contributed by atoms with Crippen LogP contribution in [0.1, 0.15) is 79.7 Å². The number of nitrogens with zero attached hydrogens (tertiary/aromatic N) is 3. The van der Waals surface area contributed by atoms with Gasteiger partial charge in [-0.15, -0.1) is 0 Å². The summed E-state index contributed by atoms with van der Waals surface area (Å²) in [5.41, 5.74) is 3.48. The third-order valence-corrected chi connectivity index (χ3v) is 8.88. The molecular weight excluding hydrogens is 508 g/mol. The molecule has 0 spiro atoms. The van der Waals surface area contributed by atoms with Crippen molar-refractivity contribution in [3.05, 3.63) is 47.3 Å². The van der Waals surface area contributed by atoms with Gasteiger partial charge in [-0.1, -0.05) is 6.07 Å². The first kappa shape index (κ1) is 26.8. The van der Waals surface area contributed by atoms with Gasteiger partial charge in [-0.25, -0.2) is 4.79 Å². The van der Waals surface area contributed by atoms with Crippen molar-refractivity contribution in [2.75, 3.05) is 25.6 Å². The monoisotopic (exact) mass is 548 g/mol. The average molecular weight is 549 g/mol. The number of hydrogen-bond donors (Lipinski definition) is 3. The number of rotatable bonds is 11. The summed E-state index contributed by atoms with van der Waals surface area (Å²) < 4.78 is 6.93. The Hall–Kier alpha value is -3.40. The second-order valence-corrected chi connectivity index (χ2v) is 12.2. The molecule has 1 saturated heterocycles. The number of amides is 4. The Bertz CT molecular complexity index is 1270. The lowest BCUT2D eigenvalue weighted by Crippen LogP contribution is -2.50. The van der Waals surface area contributed by atoms with E-state index in [-0.39, 0.29) is 41.9 Å². The molecule has 0 radical (unpaired) electrons. The van der Waals surface area contributed by atoms with Gasteiger partial charge in [-0.3, -0.25) is 14.3 Å². The summed E-state index contributed by atoms with van der Waals surface area (Å²) in [7, 11) is 1.64. The van der Waals surface area contributed by atoms with Crippen LogP contribution in [0.5, 0.6) is 0 Å². The van der Waals surface area contributed by atoms with Crippen LogP contribution in [0.25, 0.3) is 0 Å². The molecule has 1 aromatic heterocycles. The standard InChI is InChI=1S/C30H40N6O4/c1-17(2)36-25(12-13-31-36)28(37)34-27(26(18-4-5-18)19-6-7-19)29(38)32-21-9-10-23-20(14-21)8-11-24(23)35-15-22(16-40-3)33-30(35)39/h9-10,12-14,17-19,22,24,26-27H,4-8,11,15-16H2,1-3H3,(H,32,38)(H,33,39)(H,34,37)/t22-,24+,27-/m0/s1. The van der Waals surface area contributed by atoms with Gasteiger partial charge in [0.25, 0.3) is 5.91 Å². The van der Waals surface area contributed by atoms with Gasteiger partial charge in [0.05, 0.1) is 18.7 Å². The largest absolute Gasteiger partial charge is 0.382 e. The van der Waals surface area contributed by atoms with Crippen LogP contribution in [-0.2, 0) is 16.0 Å². The number of anilines is 1. The number of aryl methyl sites for hydroxylation is 1. The lowest BCUT2D eigenvalue weighted by molar-refractivity contribution is -0.119. The van der Waals surface area contributed by atoms with Crippen LogP contribution in [0.15, 0.2) is 30.5 Å². The van der Waals surface area contributed by atoms with Gasteiger partial charge >= 0.3 is 6.03 Å². The Morgan fingerprint density at radius 3 is 2.55 bits per heavy atom. The molecule has 6 rings (SSSR count). The molecule has 10 heteroatoms. The van der Waals surface area contributed by atoms with E-state index < -0.39 is 6.04 Å². The second-order valence-electron chi connectivity index (χ2n) is 12.2. The molecule has 1 aromatic carbocycles. The number of ether oxygens (including phenoxy) is 1. The smallest absolute Gasteiger partial charge is 0.318 e. The first-order valence-electron chi connectivity index (χ1n) is 14.7. The maximum Gasteiger partial charge on any atom is 0.318 e. The molecule has 10 nitrogen and oxygen atoms in total. The van der Waals surface area contributed by atoms with E-state index in [4.69, 9.17) is 4.74 Å². The lowest BCUT2D eigenvalue weighted by atomic mass is 9.88. The van der Waals surface area contributed by atoms with Crippen LogP contribution in [0.3, 0.4) is 0 Å². The van der Waals surface area contributed by atoms with E-state index in [9.17, 15) is 14.4 Å². The SMILES string of the molecule is COC[C@@H]1CN([C@@H]2CCc3cc(NC(=O)[C@@H](NC(=O)c4ccnn4C(C)C)C(C4CC4)C4CC4)ccc32)C(=O)N1. The molecule has 2 saturated carbocycles. The fourth-order valence-electron chi connectivity index (χ4n) is 6.75. The lowest BCUT2D eigenvalue weighted by Gasteiger charge is -2.28. The highest BCUT2D eigenvalue weighted by Crippen LogP contribution is 2.51. The highest BCUT2D eigenvalue weighted by atomic mass is 16.5. The second kappa shape index (κ2) is 10.9. The zero-order chi connectivity index (χ0) is 28.0. The summed E-state index contributed by atoms with van der Waals surface area (Å²) in [6.45, 7) is 5.08. The molecule has 214 valence electrons. The Morgan fingerprint density at radius 2 is 1.88 bits per heavy atom. The van der Waals surface area contributed by atoms with Gasteiger partial charge in [0.15, 0.2) is 0 Å². The van der Waals surface area contributed by atoms with Crippen molar-refractivity contribution in [2.45, 2.75) is 76.5 Å². The van der Waals surface area contributed by atoms with Crippen LogP contribution < -0.4 is 16.0 Å². The topological polar surface area (TPSA) is 118 Å². The molecule has 40 heavy (non-hydrogen) atoms. The molecule has 0 bridgehead atoms. The molecule has 0 unspecified atom stereocenters. The van der Waals surface area contributed by atoms with E-state index in [1.807, 2.05) is 36.9 Å². The molecule has 1 aliphatic heterocycles. The van der Waals surface area contributed by atoms with Crippen LogP contribution in [0, 0.1) is 17.8 Å². The highest BCUT2D eigenvalue weighted by Gasteiger charge is 2.48. The number of carbonyl (C=O) groups is 3. The number of carbonyl (C=O) groups excluding carboxylic acids is 3. The van der Waals surface area contributed by atoms with Crippen LogP contribution in [0.4, 0.5) is 10.5 Å². The average Bonchev–Trinajstić information content (AvgIpc) is 3.81. The van der Waals surface area contributed by atoms with E-state index >= 15 is 0 Å². The number of aromatic nitrogens is 2. The van der Waals surface area contributed by atoms with Crippen molar-refractivity contribution in [1.29, 1.82) is 0 Å². The first-order chi connectivity index (χ1) is 19.3. The molecule has 2 heterocycles. The molecule has 3 N–H and O–H groups in total. The van der Waals surface area contributed by atoms with Crippen molar-refractivity contribution >= 4 is 23.5 Å². The van der Waals surface area contributed by atoms with E-state index in [2.05, 4.69) is 21.0 Å². The maximum absolute atomic E-state index is 13.8. The summed E-state index contributed by atoms with van der Waals surface area (Å²) in [5, 5.41) is 13.6. The van der Waals surface area contributed by atoms with E-state index in [0.717, 1.165) is 55.3 Å². The van der Waals surface area contributed by atoms with Crippen LogP contribution in [-0.4, -0.2) is 64.9 Å². The Balaban J connectivity index is 1.19. The maximum atomic E-state index is 13.8. The van der Waals surface area contributed by atoms with E-state index in [1.165, 1.54) is 0 Å². The summed E-state index contributed by atoms with van der Waals surface area (Å²) in [5.74, 6) is 0.682. The minimum absolute atomic E-state index is 0.00249. The fraction of sp³-hybridized carbons (Fsp3) is 0.600. The number of hydrogen-bond acceptors (Lipinski definition) is 5. The minimum atomic E-state index is -0.602. The summed E-state index contributed by atoms with van der Waals surface area (Å²) in [6.07, 6.45) is 7.77. The Kier molecular flexibility index (Phi) is 7.29. The number of benzene rings is 1. The third kappa shape index (κ3) is 5.33. The molecule has 3 aliphatic carbocycles. The number of fused-ring (bicyclic) bond motifs is 1. The molecule has 4 amide bonds. The fourth-order valence-corrected chi connectivity index (χ4v) is 6.75. The molecule has 2 aromatic rings. The van der Waals surface area contributed by atoms with Crippen molar-refractivity contribution in [2.24, 2.45) is 17.8 Å². The van der Waals surface area contributed by atoms with Crippen molar-refractivity contribution in [1.82, 2.24) is 25.3 Å². The van der Waals surface area contributed by atoms with Gasteiger partial charge in [0.2, 0.25) is 5.91 Å². The van der Waals surface area contributed by atoms with Gasteiger partial charge in [0.1, 0.15) is 11.7 Å². The summed E-state index contributed by atoms with van der Waals surface area (Å²) in [6, 6.07) is 7.10. The first-order valence-corrected chi connectivity index (χ1v) is 14.7. The normalized spacial score (nSPS) is 22.9. The van der Waals surface area contributed by atoms with Crippen molar-refractivity contribution in [3.63, 3.8) is 0 Å². The zero-order valence-electron chi connectivity index (χ0n) is 23.6. The van der Waals surface area contributed by atoms with Gasteiger partial charge in [-0.2, -0.15) is 5.10 Å². The Labute approximate surface area is 235 Å². The summed E-state index contributed by atoms with van der Waals surface area (Å²) in [4.78, 5) is 41.8. The third-order valence-electron chi connectivity index (χ3n) is 8.88. The minimum Gasteiger partial charge on any atom is -0.382 e. The molecular formula is C30H40N6O4. The van der Waals surface area contributed by atoms with E-state index in [0.29, 0.717) is 30.7 Å². The van der Waals surface area contributed by atoms with Gasteiger partial charge in [0, 0.05) is 31.6 Å². The van der Waals surface area contributed by atoms with Gasteiger partial charge < -0.3 is 25.6 Å². The Morgan fingerprint density at radius 1 is 1.12 bits per heavy atom. The van der Waals surface area contributed by atoms with Crippen molar-refractivity contribution in [3.8, 4) is 0 Å². The number of methoxy groups -OCH3 is 1. The molecule has 4 aliphatic rings. The summed E-state index contributed by atoms with van der Waals surface area (Å²) >= 11 is 0. The zero-order valence-corrected chi connectivity index (χ0v) is 23.6. The van der Waals surface area contributed by atoms with Crippen LogP contribution >= 0.6 is 0 Å².